The number of rotatable bonds is 5. The van der Waals surface area contributed by atoms with Gasteiger partial charge in [0, 0.05) is 5.56 Å². The summed E-state index contributed by atoms with van der Waals surface area (Å²) >= 11 is 0. The fourth-order valence-corrected chi connectivity index (χ4v) is 1.20. The summed E-state index contributed by atoms with van der Waals surface area (Å²) in [6, 6.07) is 2.93. The van der Waals surface area contributed by atoms with Crippen LogP contribution in [0.15, 0.2) is 30.9 Å². The van der Waals surface area contributed by atoms with E-state index in [1.807, 2.05) is 0 Å². The Morgan fingerprint density at radius 1 is 1.29 bits per heavy atom. The van der Waals surface area contributed by atoms with E-state index < -0.39 is 11.7 Å². The third kappa shape index (κ3) is 3.94. The van der Waals surface area contributed by atoms with Crippen LogP contribution in [0.1, 0.15) is 22.3 Å². The Morgan fingerprint density at radius 3 is 2.53 bits per heavy atom. The Hall–Kier alpha value is -1.78. The van der Waals surface area contributed by atoms with Crippen molar-refractivity contribution in [1.29, 1.82) is 0 Å². The van der Waals surface area contributed by atoms with E-state index in [-0.39, 0.29) is 17.9 Å². The Balaban J connectivity index is 2.97. The molecule has 0 N–H and O–H groups in total. The summed E-state index contributed by atoms with van der Waals surface area (Å²) in [4.78, 5) is 10.5. The molecule has 0 saturated carbocycles. The fraction of sp³-hybridized carbons (Fsp3) is 0.250. The molecule has 0 aliphatic carbocycles. The minimum Gasteiger partial charge on any atom is -0.493 e. The van der Waals surface area contributed by atoms with Crippen molar-refractivity contribution >= 4 is 6.29 Å². The van der Waals surface area contributed by atoms with Crippen molar-refractivity contribution in [2.24, 2.45) is 0 Å². The molecule has 17 heavy (non-hydrogen) atoms. The second kappa shape index (κ2) is 5.52. The molecule has 0 fully saturated rings. The van der Waals surface area contributed by atoms with Gasteiger partial charge in [-0.1, -0.05) is 6.08 Å². The van der Waals surface area contributed by atoms with Crippen molar-refractivity contribution < 1.29 is 22.7 Å². The monoisotopic (exact) mass is 244 g/mol. The molecule has 0 aromatic heterocycles. The molecule has 0 bridgehead atoms. The van der Waals surface area contributed by atoms with Gasteiger partial charge in [-0.15, -0.1) is 6.58 Å². The molecule has 0 aliphatic heterocycles. The number of carbonyl (C=O) groups is 1. The van der Waals surface area contributed by atoms with Gasteiger partial charge >= 0.3 is 6.18 Å². The molecule has 0 atom stereocenters. The maximum Gasteiger partial charge on any atom is 0.416 e. The number of alkyl halides is 3. The van der Waals surface area contributed by atoms with Crippen LogP contribution in [0.4, 0.5) is 13.2 Å². The second-order valence-electron chi connectivity index (χ2n) is 3.33. The lowest BCUT2D eigenvalue weighted by Gasteiger charge is -2.10. The van der Waals surface area contributed by atoms with Crippen LogP contribution in [-0.2, 0) is 6.18 Å². The molecule has 0 unspecified atom stereocenters. The van der Waals surface area contributed by atoms with Crippen molar-refractivity contribution in [3.05, 3.63) is 42.0 Å². The van der Waals surface area contributed by atoms with Gasteiger partial charge in [-0.2, -0.15) is 13.2 Å². The van der Waals surface area contributed by atoms with Crippen molar-refractivity contribution in [2.45, 2.75) is 12.6 Å². The van der Waals surface area contributed by atoms with Gasteiger partial charge in [0.25, 0.3) is 0 Å². The van der Waals surface area contributed by atoms with Crippen molar-refractivity contribution in [3.8, 4) is 5.75 Å². The van der Waals surface area contributed by atoms with Gasteiger partial charge in [-0.3, -0.25) is 4.79 Å². The Morgan fingerprint density at radius 2 is 2.00 bits per heavy atom. The molecular weight excluding hydrogens is 233 g/mol. The van der Waals surface area contributed by atoms with Crippen LogP contribution in [0.25, 0.3) is 0 Å². The number of benzene rings is 1. The molecule has 1 aromatic carbocycles. The third-order valence-corrected chi connectivity index (χ3v) is 1.98. The van der Waals surface area contributed by atoms with E-state index in [1.165, 1.54) is 6.07 Å². The number of hydrogen-bond acceptors (Lipinski definition) is 2. The summed E-state index contributed by atoms with van der Waals surface area (Å²) in [5.74, 6) is 0.0313. The van der Waals surface area contributed by atoms with Crippen molar-refractivity contribution in [1.82, 2.24) is 0 Å². The van der Waals surface area contributed by atoms with Crippen LogP contribution in [-0.4, -0.2) is 12.9 Å². The highest BCUT2D eigenvalue weighted by Gasteiger charge is 2.31. The molecular formula is C12H11F3O2. The largest absolute Gasteiger partial charge is 0.493 e. The molecule has 2 nitrogen and oxygen atoms in total. The van der Waals surface area contributed by atoms with Crippen LogP contribution in [0.3, 0.4) is 0 Å². The first-order valence-electron chi connectivity index (χ1n) is 4.88. The van der Waals surface area contributed by atoms with E-state index >= 15 is 0 Å². The molecule has 0 amide bonds. The lowest BCUT2D eigenvalue weighted by Crippen LogP contribution is -2.07. The highest BCUT2D eigenvalue weighted by atomic mass is 19.4. The zero-order valence-corrected chi connectivity index (χ0v) is 8.96. The highest BCUT2D eigenvalue weighted by Crippen LogP contribution is 2.32. The van der Waals surface area contributed by atoms with Crippen LogP contribution in [0, 0.1) is 0 Å². The van der Waals surface area contributed by atoms with Gasteiger partial charge in [0.1, 0.15) is 12.0 Å². The van der Waals surface area contributed by atoms with E-state index in [2.05, 4.69) is 6.58 Å². The zero-order chi connectivity index (χ0) is 12.9. The molecule has 0 spiro atoms. The molecule has 0 radical (unpaired) electrons. The first kappa shape index (κ1) is 13.3. The maximum absolute atomic E-state index is 12.5. The van der Waals surface area contributed by atoms with E-state index in [4.69, 9.17) is 4.74 Å². The van der Waals surface area contributed by atoms with Gasteiger partial charge in [-0.25, -0.2) is 0 Å². The maximum atomic E-state index is 12.5. The summed E-state index contributed by atoms with van der Waals surface area (Å²) in [6.07, 6.45) is -2.02. The topological polar surface area (TPSA) is 26.3 Å². The zero-order valence-electron chi connectivity index (χ0n) is 8.96. The number of carbonyl (C=O) groups excluding carboxylic acids is 1. The van der Waals surface area contributed by atoms with Gasteiger partial charge < -0.3 is 4.74 Å². The highest BCUT2D eigenvalue weighted by molar-refractivity contribution is 5.76. The van der Waals surface area contributed by atoms with Gasteiger partial charge in [0.05, 0.1) is 12.2 Å². The van der Waals surface area contributed by atoms with Crippen LogP contribution < -0.4 is 4.74 Å². The second-order valence-corrected chi connectivity index (χ2v) is 3.33. The van der Waals surface area contributed by atoms with Crippen molar-refractivity contribution in [2.75, 3.05) is 6.61 Å². The molecule has 0 heterocycles. The van der Waals surface area contributed by atoms with Crippen LogP contribution >= 0.6 is 0 Å². The van der Waals surface area contributed by atoms with Gasteiger partial charge in [0.2, 0.25) is 0 Å². The smallest absolute Gasteiger partial charge is 0.416 e. The fourth-order valence-electron chi connectivity index (χ4n) is 1.20. The molecule has 0 saturated heterocycles. The summed E-state index contributed by atoms with van der Waals surface area (Å²) in [5, 5.41) is 0. The van der Waals surface area contributed by atoms with Crippen LogP contribution in [0.2, 0.25) is 0 Å². The third-order valence-electron chi connectivity index (χ3n) is 1.98. The standard InChI is InChI=1S/C12H11F3O2/c1-2-3-4-17-11-6-9(8-16)5-10(7-11)12(13,14)15/h2,5-8H,1,3-4H2. The number of aldehydes is 1. The Bertz CT molecular complexity index is 411. The average molecular weight is 244 g/mol. The molecule has 0 aliphatic rings. The quantitative estimate of drug-likeness (QED) is 0.450. The molecule has 1 rings (SSSR count). The lowest BCUT2D eigenvalue weighted by atomic mass is 10.1. The van der Waals surface area contributed by atoms with E-state index in [0.29, 0.717) is 12.7 Å². The van der Waals surface area contributed by atoms with E-state index in [1.54, 1.807) is 6.08 Å². The predicted octanol–water partition coefficient (Wildman–Crippen LogP) is 3.47. The normalized spacial score (nSPS) is 11.0. The molecule has 1 aromatic rings. The first-order valence-corrected chi connectivity index (χ1v) is 4.88. The lowest BCUT2D eigenvalue weighted by molar-refractivity contribution is -0.137. The minimum absolute atomic E-state index is 0.0313. The average Bonchev–Trinajstić information content (AvgIpc) is 2.28. The Kier molecular flexibility index (Phi) is 4.31. The summed E-state index contributed by atoms with van der Waals surface area (Å²) in [5.41, 5.74) is -0.955. The number of hydrogen-bond donors (Lipinski definition) is 0. The van der Waals surface area contributed by atoms with E-state index in [0.717, 1.165) is 12.1 Å². The first-order chi connectivity index (χ1) is 7.97. The SMILES string of the molecule is C=CCCOc1cc(C=O)cc(C(F)(F)F)c1. The summed E-state index contributed by atoms with van der Waals surface area (Å²) in [7, 11) is 0. The number of ether oxygens (including phenoxy) is 1. The minimum atomic E-state index is -4.49. The van der Waals surface area contributed by atoms with Crippen LogP contribution in [0.5, 0.6) is 5.75 Å². The van der Waals surface area contributed by atoms with Gasteiger partial charge in [-0.05, 0) is 24.6 Å². The Labute approximate surface area is 96.7 Å². The summed E-state index contributed by atoms with van der Waals surface area (Å²) < 4.78 is 42.5. The number of halogens is 3. The van der Waals surface area contributed by atoms with E-state index in [9.17, 15) is 18.0 Å². The van der Waals surface area contributed by atoms with Gasteiger partial charge in [0.15, 0.2) is 0 Å². The molecule has 5 heteroatoms. The predicted molar refractivity (Wildman–Crippen MR) is 57.1 cm³/mol. The molecule has 92 valence electrons. The summed E-state index contributed by atoms with van der Waals surface area (Å²) in [6.45, 7) is 3.69. The van der Waals surface area contributed by atoms with Crippen molar-refractivity contribution in [3.63, 3.8) is 0 Å².